The lowest BCUT2D eigenvalue weighted by Gasteiger charge is -2.22. The summed E-state index contributed by atoms with van der Waals surface area (Å²) < 4.78 is 1.10. The minimum atomic E-state index is 0.0562. The Kier molecular flexibility index (Phi) is 2.82. The fraction of sp³-hybridized carbons (Fsp3) is 0.235. The predicted octanol–water partition coefficient (Wildman–Crippen LogP) is 4.80. The molecule has 0 spiro atoms. The molecule has 0 N–H and O–H groups in total. The van der Waals surface area contributed by atoms with Crippen LogP contribution < -0.4 is 0 Å². The van der Waals surface area contributed by atoms with Crippen LogP contribution in [-0.2, 0) is 5.41 Å². The number of hydrogen-bond donors (Lipinski definition) is 0. The number of fused-ring (bicyclic) bond motifs is 3. The van der Waals surface area contributed by atoms with Gasteiger partial charge < -0.3 is 0 Å². The van der Waals surface area contributed by atoms with Crippen LogP contribution in [0.1, 0.15) is 42.3 Å². The van der Waals surface area contributed by atoms with Crippen LogP contribution in [0.2, 0.25) is 0 Å². The van der Waals surface area contributed by atoms with E-state index in [-0.39, 0.29) is 11.2 Å². The topological polar surface area (TPSA) is 17.1 Å². The first-order valence-electron chi connectivity index (χ1n) is 6.38. The molecule has 2 aromatic rings. The molecule has 0 radical (unpaired) electrons. The van der Waals surface area contributed by atoms with Crippen LogP contribution in [-0.4, -0.2) is 5.78 Å². The number of rotatable bonds is 0. The van der Waals surface area contributed by atoms with Gasteiger partial charge in [0.15, 0.2) is 5.78 Å². The van der Waals surface area contributed by atoms with Gasteiger partial charge in [-0.1, -0.05) is 57.2 Å². The molecule has 0 saturated carbocycles. The lowest BCUT2D eigenvalue weighted by Crippen LogP contribution is -2.15. The molecule has 1 aliphatic carbocycles. The highest BCUT2D eigenvalue weighted by Crippen LogP contribution is 2.41. The highest BCUT2D eigenvalue weighted by atomic mass is 127. The highest BCUT2D eigenvalue weighted by Gasteiger charge is 2.31. The van der Waals surface area contributed by atoms with Crippen LogP contribution in [0.3, 0.4) is 0 Å². The Morgan fingerprint density at radius 3 is 2.16 bits per heavy atom. The Hall–Kier alpha value is -1.16. The summed E-state index contributed by atoms with van der Waals surface area (Å²) in [5.41, 5.74) is 5.17. The molecule has 0 aliphatic heterocycles. The fourth-order valence-corrected chi connectivity index (χ4v) is 4.18. The number of carbonyl (C=O) groups excluding carboxylic acids is 1. The number of ketones is 1. The monoisotopic (exact) mass is 362 g/mol. The maximum atomic E-state index is 12.6. The van der Waals surface area contributed by atoms with Crippen molar-refractivity contribution in [3.8, 4) is 11.1 Å². The third kappa shape index (κ3) is 1.84. The van der Waals surface area contributed by atoms with Crippen LogP contribution in [0, 0.1) is 3.57 Å². The Balaban J connectivity index is 2.32. The van der Waals surface area contributed by atoms with Crippen molar-refractivity contribution < 1.29 is 4.79 Å². The van der Waals surface area contributed by atoms with E-state index in [4.69, 9.17) is 0 Å². The largest absolute Gasteiger partial charge is 0.289 e. The van der Waals surface area contributed by atoms with Gasteiger partial charge in [-0.05, 0) is 44.7 Å². The van der Waals surface area contributed by atoms with Crippen molar-refractivity contribution in [1.82, 2.24) is 0 Å². The van der Waals surface area contributed by atoms with Crippen molar-refractivity contribution in [2.75, 3.05) is 0 Å². The van der Waals surface area contributed by atoms with Gasteiger partial charge in [0.2, 0.25) is 0 Å². The first-order valence-corrected chi connectivity index (χ1v) is 7.46. The summed E-state index contributed by atoms with van der Waals surface area (Å²) in [6.45, 7) is 6.55. The fourth-order valence-electron chi connectivity index (χ4n) is 2.65. The number of benzene rings is 2. The van der Waals surface area contributed by atoms with Crippen molar-refractivity contribution in [3.63, 3.8) is 0 Å². The Morgan fingerprint density at radius 1 is 0.895 bits per heavy atom. The molecule has 0 unspecified atom stereocenters. The number of hydrogen-bond acceptors (Lipinski definition) is 1. The van der Waals surface area contributed by atoms with Crippen molar-refractivity contribution in [1.29, 1.82) is 0 Å². The van der Waals surface area contributed by atoms with E-state index in [9.17, 15) is 4.79 Å². The second-order valence-corrected chi connectivity index (χ2v) is 7.05. The number of carbonyl (C=O) groups is 1. The van der Waals surface area contributed by atoms with E-state index in [2.05, 4.69) is 55.5 Å². The van der Waals surface area contributed by atoms with E-state index in [0.717, 1.165) is 25.8 Å². The molecule has 0 fully saturated rings. The van der Waals surface area contributed by atoms with Crippen molar-refractivity contribution >= 4 is 28.4 Å². The third-order valence-electron chi connectivity index (χ3n) is 3.64. The molecule has 2 heteroatoms. The first-order chi connectivity index (χ1) is 8.91. The zero-order chi connectivity index (χ0) is 13.8. The van der Waals surface area contributed by atoms with Crippen LogP contribution in [0.4, 0.5) is 0 Å². The molecule has 0 saturated heterocycles. The standard InChI is InChI=1S/C17H15IO/c1-17(2,3)13-9-8-11-10-6-4-5-7-12(10)16(19)14(11)15(13)18/h4-9H,1-3H3. The SMILES string of the molecule is CC(C)(C)c1ccc2c(c1I)C(=O)c1ccccc1-2. The average molecular weight is 362 g/mol. The van der Waals surface area contributed by atoms with Crippen LogP contribution >= 0.6 is 22.6 Å². The van der Waals surface area contributed by atoms with E-state index in [0.29, 0.717) is 0 Å². The van der Waals surface area contributed by atoms with Crippen molar-refractivity contribution in [2.24, 2.45) is 0 Å². The summed E-state index contributed by atoms with van der Waals surface area (Å²) in [5, 5.41) is 0. The second kappa shape index (κ2) is 4.17. The molecule has 0 heterocycles. The molecule has 19 heavy (non-hydrogen) atoms. The molecular weight excluding hydrogens is 347 g/mol. The molecule has 3 rings (SSSR count). The summed E-state index contributed by atoms with van der Waals surface area (Å²) in [5.74, 6) is 0.168. The summed E-state index contributed by atoms with van der Waals surface area (Å²) >= 11 is 2.32. The van der Waals surface area contributed by atoms with Crippen LogP contribution in [0.5, 0.6) is 0 Å². The summed E-state index contributed by atoms with van der Waals surface area (Å²) in [6, 6.07) is 12.1. The average Bonchev–Trinajstić information content (AvgIpc) is 2.64. The third-order valence-corrected chi connectivity index (χ3v) is 4.76. The minimum absolute atomic E-state index is 0.0562. The Morgan fingerprint density at radius 2 is 1.53 bits per heavy atom. The van der Waals surface area contributed by atoms with Gasteiger partial charge >= 0.3 is 0 Å². The molecule has 0 atom stereocenters. The molecule has 0 bridgehead atoms. The van der Waals surface area contributed by atoms with E-state index in [1.54, 1.807) is 0 Å². The maximum Gasteiger partial charge on any atom is 0.195 e. The van der Waals surface area contributed by atoms with Gasteiger partial charge in [-0.25, -0.2) is 0 Å². The lowest BCUT2D eigenvalue weighted by molar-refractivity contribution is 0.104. The van der Waals surface area contributed by atoms with E-state index < -0.39 is 0 Å². The van der Waals surface area contributed by atoms with E-state index >= 15 is 0 Å². The van der Waals surface area contributed by atoms with Crippen molar-refractivity contribution in [2.45, 2.75) is 26.2 Å². The molecule has 0 aromatic heterocycles. The molecule has 1 aliphatic rings. The smallest absolute Gasteiger partial charge is 0.195 e. The zero-order valence-corrected chi connectivity index (χ0v) is 13.4. The Labute approximate surface area is 127 Å². The minimum Gasteiger partial charge on any atom is -0.289 e. The Bertz CT molecular complexity index is 693. The van der Waals surface area contributed by atoms with E-state index in [1.165, 1.54) is 5.56 Å². The summed E-state index contributed by atoms with van der Waals surface area (Å²) in [4.78, 5) is 12.6. The molecule has 96 valence electrons. The number of halogens is 1. The van der Waals surface area contributed by atoms with E-state index in [1.807, 2.05) is 24.3 Å². The van der Waals surface area contributed by atoms with Gasteiger partial charge in [0, 0.05) is 14.7 Å². The molecule has 1 nitrogen and oxygen atoms in total. The molecule has 2 aromatic carbocycles. The summed E-state index contributed by atoms with van der Waals surface area (Å²) in [6.07, 6.45) is 0. The van der Waals surface area contributed by atoms with Crippen LogP contribution in [0.25, 0.3) is 11.1 Å². The quantitative estimate of drug-likeness (QED) is 0.525. The van der Waals surface area contributed by atoms with Crippen molar-refractivity contribution in [3.05, 3.63) is 56.7 Å². The predicted molar refractivity (Wildman–Crippen MR) is 86.7 cm³/mol. The van der Waals surface area contributed by atoms with Gasteiger partial charge in [0.25, 0.3) is 0 Å². The maximum absolute atomic E-state index is 12.6. The zero-order valence-electron chi connectivity index (χ0n) is 11.3. The van der Waals surface area contributed by atoms with Crippen LogP contribution in [0.15, 0.2) is 36.4 Å². The van der Waals surface area contributed by atoms with Gasteiger partial charge in [0.05, 0.1) is 0 Å². The molecular formula is C17H15IO. The van der Waals surface area contributed by atoms with Gasteiger partial charge in [0.1, 0.15) is 0 Å². The van der Waals surface area contributed by atoms with Gasteiger partial charge in [-0.2, -0.15) is 0 Å². The second-order valence-electron chi connectivity index (χ2n) is 5.97. The van der Waals surface area contributed by atoms with Gasteiger partial charge in [-0.15, -0.1) is 0 Å². The summed E-state index contributed by atoms with van der Waals surface area (Å²) in [7, 11) is 0. The van der Waals surface area contributed by atoms with Gasteiger partial charge in [-0.3, -0.25) is 4.79 Å². The highest BCUT2D eigenvalue weighted by molar-refractivity contribution is 14.1. The molecule has 0 amide bonds. The first kappa shape index (κ1) is 12.9. The normalized spacial score (nSPS) is 13.4. The lowest BCUT2D eigenvalue weighted by atomic mass is 9.85.